The van der Waals surface area contributed by atoms with Crippen LogP contribution in [0.1, 0.15) is 32.1 Å². The number of rotatable bonds is 5. The Balaban J connectivity index is 2.25. The molecule has 3 amide bonds. The van der Waals surface area contributed by atoms with Crippen molar-refractivity contribution >= 4 is 11.9 Å². The van der Waals surface area contributed by atoms with Gasteiger partial charge in [0.25, 0.3) is 0 Å². The molecule has 0 atom stereocenters. The maximum atomic E-state index is 11.6. The summed E-state index contributed by atoms with van der Waals surface area (Å²) in [7, 11) is 1.94. The second kappa shape index (κ2) is 7.87. The summed E-state index contributed by atoms with van der Waals surface area (Å²) in [6.45, 7) is 4.11. The van der Waals surface area contributed by atoms with Crippen molar-refractivity contribution in [2.45, 2.75) is 38.1 Å². The lowest BCUT2D eigenvalue weighted by molar-refractivity contribution is -0.121. The second-order valence-corrected chi connectivity index (χ2v) is 4.75. The van der Waals surface area contributed by atoms with Crippen molar-refractivity contribution in [1.29, 1.82) is 0 Å². The molecule has 0 aromatic carbocycles. The summed E-state index contributed by atoms with van der Waals surface area (Å²) in [5, 5.41) is 4.81. The van der Waals surface area contributed by atoms with Crippen LogP contribution in [0.15, 0.2) is 12.7 Å². The van der Waals surface area contributed by atoms with E-state index in [1.807, 2.05) is 11.9 Å². The monoisotopic (exact) mass is 253 g/mol. The summed E-state index contributed by atoms with van der Waals surface area (Å²) in [4.78, 5) is 24.9. The number of imide groups is 1. The molecule has 0 saturated heterocycles. The minimum Gasteiger partial charge on any atom is -0.334 e. The zero-order chi connectivity index (χ0) is 13.4. The van der Waals surface area contributed by atoms with E-state index >= 15 is 0 Å². The number of amides is 3. The van der Waals surface area contributed by atoms with Gasteiger partial charge in [0, 0.05) is 12.6 Å². The van der Waals surface area contributed by atoms with Crippen LogP contribution in [0.2, 0.25) is 0 Å². The third-order valence-electron chi connectivity index (χ3n) is 3.25. The Bertz CT molecular complexity index is 299. The van der Waals surface area contributed by atoms with E-state index in [0.717, 1.165) is 12.8 Å². The van der Waals surface area contributed by atoms with Gasteiger partial charge in [-0.2, -0.15) is 0 Å². The molecule has 102 valence electrons. The van der Waals surface area contributed by atoms with E-state index in [2.05, 4.69) is 17.2 Å². The fraction of sp³-hybridized carbons (Fsp3) is 0.692. The summed E-state index contributed by atoms with van der Waals surface area (Å²) >= 11 is 0. The molecule has 5 heteroatoms. The molecule has 1 aliphatic rings. The van der Waals surface area contributed by atoms with Crippen LogP contribution in [0.25, 0.3) is 0 Å². The Morgan fingerprint density at radius 3 is 2.61 bits per heavy atom. The fourth-order valence-electron chi connectivity index (χ4n) is 2.25. The van der Waals surface area contributed by atoms with Gasteiger partial charge in [0.15, 0.2) is 0 Å². The van der Waals surface area contributed by atoms with Gasteiger partial charge in [-0.25, -0.2) is 4.79 Å². The summed E-state index contributed by atoms with van der Waals surface area (Å²) < 4.78 is 0. The van der Waals surface area contributed by atoms with Crippen molar-refractivity contribution in [2.24, 2.45) is 0 Å². The fourth-order valence-corrected chi connectivity index (χ4v) is 2.25. The summed E-state index contributed by atoms with van der Waals surface area (Å²) in [5.74, 6) is -0.260. The van der Waals surface area contributed by atoms with Gasteiger partial charge in [-0.3, -0.25) is 15.0 Å². The van der Waals surface area contributed by atoms with Gasteiger partial charge < -0.3 is 5.32 Å². The molecule has 5 nitrogen and oxygen atoms in total. The third kappa shape index (κ3) is 5.31. The molecule has 0 radical (unpaired) electrons. The van der Waals surface area contributed by atoms with E-state index in [1.54, 1.807) is 6.08 Å². The highest BCUT2D eigenvalue weighted by atomic mass is 16.2. The smallest absolute Gasteiger partial charge is 0.321 e. The Kier molecular flexibility index (Phi) is 6.43. The molecule has 0 heterocycles. The number of nitrogens with one attached hydrogen (secondary N) is 2. The van der Waals surface area contributed by atoms with E-state index in [0.29, 0.717) is 12.6 Å². The van der Waals surface area contributed by atoms with Crippen molar-refractivity contribution in [3.05, 3.63) is 12.7 Å². The van der Waals surface area contributed by atoms with Gasteiger partial charge in [0.2, 0.25) is 5.91 Å². The van der Waals surface area contributed by atoms with Gasteiger partial charge >= 0.3 is 6.03 Å². The Morgan fingerprint density at radius 1 is 1.33 bits per heavy atom. The zero-order valence-corrected chi connectivity index (χ0v) is 11.1. The highest BCUT2D eigenvalue weighted by Gasteiger charge is 2.20. The molecule has 0 aromatic heterocycles. The van der Waals surface area contributed by atoms with Crippen molar-refractivity contribution < 1.29 is 9.59 Å². The summed E-state index contributed by atoms with van der Waals surface area (Å²) in [5.41, 5.74) is 0. The predicted molar refractivity (Wildman–Crippen MR) is 71.2 cm³/mol. The van der Waals surface area contributed by atoms with Crippen LogP contribution in [-0.2, 0) is 4.79 Å². The molecule has 18 heavy (non-hydrogen) atoms. The molecule has 1 aliphatic carbocycles. The molecule has 1 saturated carbocycles. The maximum Gasteiger partial charge on any atom is 0.321 e. The van der Waals surface area contributed by atoms with Gasteiger partial charge in [-0.1, -0.05) is 25.3 Å². The quantitative estimate of drug-likeness (QED) is 0.725. The van der Waals surface area contributed by atoms with E-state index in [1.165, 1.54) is 19.3 Å². The van der Waals surface area contributed by atoms with Crippen molar-refractivity contribution in [2.75, 3.05) is 20.1 Å². The molecule has 0 bridgehead atoms. The molecule has 0 aromatic rings. The number of nitrogens with zero attached hydrogens (tertiary/aromatic N) is 1. The predicted octanol–water partition coefficient (Wildman–Crippen LogP) is 1.26. The van der Waals surface area contributed by atoms with Gasteiger partial charge in [-0.15, -0.1) is 6.58 Å². The van der Waals surface area contributed by atoms with Gasteiger partial charge in [0.05, 0.1) is 6.54 Å². The van der Waals surface area contributed by atoms with Crippen molar-refractivity contribution in [1.82, 2.24) is 15.5 Å². The Hall–Kier alpha value is -1.36. The van der Waals surface area contributed by atoms with Crippen LogP contribution in [0, 0.1) is 0 Å². The number of likely N-dealkylation sites (N-methyl/N-ethyl adjacent to an activating group) is 1. The van der Waals surface area contributed by atoms with Crippen LogP contribution < -0.4 is 10.6 Å². The molecule has 2 N–H and O–H groups in total. The SMILES string of the molecule is C=CCNC(=O)NC(=O)CN(C)C1CCCCC1. The van der Waals surface area contributed by atoms with Crippen LogP contribution in [0.4, 0.5) is 4.79 Å². The normalized spacial score (nSPS) is 16.3. The third-order valence-corrected chi connectivity index (χ3v) is 3.25. The van der Waals surface area contributed by atoms with E-state index < -0.39 is 6.03 Å². The molecule has 0 spiro atoms. The molecular formula is C13H23N3O2. The van der Waals surface area contributed by atoms with Crippen molar-refractivity contribution in [3.63, 3.8) is 0 Å². The van der Waals surface area contributed by atoms with E-state index in [4.69, 9.17) is 0 Å². The molecule has 1 fully saturated rings. The zero-order valence-electron chi connectivity index (χ0n) is 11.1. The molecule has 1 rings (SSSR count). The largest absolute Gasteiger partial charge is 0.334 e. The summed E-state index contributed by atoms with van der Waals surface area (Å²) in [6.07, 6.45) is 7.62. The Labute approximate surface area is 109 Å². The molecule has 0 aliphatic heterocycles. The van der Waals surface area contributed by atoms with Crippen LogP contribution in [-0.4, -0.2) is 43.0 Å². The highest BCUT2D eigenvalue weighted by Crippen LogP contribution is 2.21. The standard InChI is InChI=1S/C13H23N3O2/c1-3-9-14-13(18)15-12(17)10-16(2)11-7-5-4-6-8-11/h3,11H,1,4-10H2,2H3,(H2,14,15,17,18). The van der Waals surface area contributed by atoms with Crippen LogP contribution in [0.3, 0.4) is 0 Å². The minimum absolute atomic E-state index is 0.260. The van der Waals surface area contributed by atoms with E-state index in [-0.39, 0.29) is 12.5 Å². The first-order chi connectivity index (χ1) is 8.63. The first-order valence-electron chi connectivity index (χ1n) is 6.52. The number of hydrogen-bond donors (Lipinski definition) is 2. The molecular weight excluding hydrogens is 230 g/mol. The topological polar surface area (TPSA) is 61.4 Å². The first kappa shape index (κ1) is 14.7. The first-order valence-corrected chi connectivity index (χ1v) is 6.52. The molecule has 0 unspecified atom stereocenters. The lowest BCUT2D eigenvalue weighted by Gasteiger charge is -2.30. The van der Waals surface area contributed by atoms with Crippen LogP contribution >= 0.6 is 0 Å². The summed E-state index contributed by atoms with van der Waals surface area (Å²) in [6, 6.07) is 0.0117. The number of hydrogen-bond acceptors (Lipinski definition) is 3. The van der Waals surface area contributed by atoms with Gasteiger partial charge in [-0.05, 0) is 19.9 Å². The second-order valence-electron chi connectivity index (χ2n) is 4.75. The lowest BCUT2D eigenvalue weighted by Crippen LogP contribution is -2.46. The minimum atomic E-state index is -0.461. The van der Waals surface area contributed by atoms with Crippen molar-refractivity contribution in [3.8, 4) is 0 Å². The Morgan fingerprint density at radius 2 is 2.00 bits per heavy atom. The number of urea groups is 1. The number of carbonyl (C=O) groups excluding carboxylic acids is 2. The lowest BCUT2D eigenvalue weighted by atomic mass is 9.94. The van der Waals surface area contributed by atoms with Gasteiger partial charge in [0.1, 0.15) is 0 Å². The van der Waals surface area contributed by atoms with E-state index in [9.17, 15) is 9.59 Å². The average molecular weight is 253 g/mol. The maximum absolute atomic E-state index is 11.6. The highest BCUT2D eigenvalue weighted by molar-refractivity contribution is 5.95. The average Bonchev–Trinajstić information content (AvgIpc) is 2.37. The van der Waals surface area contributed by atoms with Crippen LogP contribution in [0.5, 0.6) is 0 Å². The number of carbonyl (C=O) groups is 2.